The lowest BCUT2D eigenvalue weighted by atomic mass is 10.4. The van der Waals surface area contributed by atoms with Crippen molar-refractivity contribution < 1.29 is 8.42 Å². The minimum absolute atomic E-state index is 0.0603. The van der Waals surface area contributed by atoms with Gasteiger partial charge in [0.25, 0.3) is 10.0 Å². The van der Waals surface area contributed by atoms with E-state index in [0.29, 0.717) is 5.69 Å². The molecule has 0 bridgehead atoms. The molecular formula is C9H9Br2N5O2S. The molecular weight excluding hydrogens is 402 g/mol. The summed E-state index contributed by atoms with van der Waals surface area (Å²) in [4.78, 5) is 4.12. The molecule has 102 valence electrons. The Morgan fingerprint density at radius 3 is 2.53 bits per heavy atom. The van der Waals surface area contributed by atoms with Crippen molar-refractivity contribution >= 4 is 47.7 Å². The zero-order chi connectivity index (χ0) is 14.2. The van der Waals surface area contributed by atoms with Gasteiger partial charge in [-0.25, -0.2) is 9.67 Å². The molecule has 10 heteroatoms. The maximum atomic E-state index is 12.2. The topological polar surface area (TPSA) is 89.8 Å². The van der Waals surface area contributed by atoms with E-state index in [-0.39, 0.29) is 15.4 Å². The van der Waals surface area contributed by atoms with Crippen LogP contribution in [-0.2, 0) is 17.1 Å². The number of aromatic nitrogens is 4. The maximum Gasteiger partial charge on any atom is 0.283 e. The Kier molecular flexibility index (Phi) is 3.92. The van der Waals surface area contributed by atoms with Crippen LogP contribution in [0.2, 0.25) is 0 Å². The van der Waals surface area contributed by atoms with Crippen LogP contribution in [0.15, 0.2) is 26.2 Å². The van der Waals surface area contributed by atoms with Crippen molar-refractivity contribution in [3.8, 4) is 0 Å². The zero-order valence-corrected chi connectivity index (χ0v) is 13.9. The number of nitrogens with one attached hydrogen (secondary N) is 1. The SMILES string of the molecule is Cc1nc(NS(=O)(=O)c2c(Br)nnn2C)ccc1Br. The highest BCUT2D eigenvalue weighted by Gasteiger charge is 2.24. The molecule has 1 N–H and O–H groups in total. The van der Waals surface area contributed by atoms with Gasteiger partial charge in [-0.15, -0.1) is 5.10 Å². The second-order valence-electron chi connectivity index (χ2n) is 3.68. The lowest BCUT2D eigenvalue weighted by molar-refractivity contribution is 0.578. The fourth-order valence-electron chi connectivity index (χ4n) is 1.39. The molecule has 0 aliphatic rings. The van der Waals surface area contributed by atoms with Crippen LogP contribution in [0, 0.1) is 6.92 Å². The third kappa shape index (κ3) is 2.95. The van der Waals surface area contributed by atoms with Crippen LogP contribution in [0.4, 0.5) is 5.82 Å². The van der Waals surface area contributed by atoms with Crippen molar-refractivity contribution in [2.24, 2.45) is 7.05 Å². The summed E-state index contributed by atoms with van der Waals surface area (Å²) in [5.74, 6) is 0.230. The number of pyridine rings is 1. The molecule has 0 aromatic carbocycles. The van der Waals surface area contributed by atoms with Crippen LogP contribution in [0.3, 0.4) is 0 Å². The van der Waals surface area contributed by atoms with E-state index < -0.39 is 10.0 Å². The minimum atomic E-state index is -3.80. The number of anilines is 1. The molecule has 7 nitrogen and oxygen atoms in total. The van der Waals surface area contributed by atoms with Crippen LogP contribution in [0.25, 0.3) is 0 Å². The minimum Gasteiger partial charge on any atom is -0.262 e. The van der Waals surface area contributed by atoms with Crippen molar-refractivity contribution in [2.45, 2.75) is 11.9 Å². The van der Waals surface area contributed by atoms with Crippen molar-refractivity contribution in [1.82, 2.24) is 20.0 Å². The van der Waals surface area contributed by atoms with Crippen molar-refractivity contribution in [3.63, 3.8) is 0 Å². The quantitative estimate of drug-likeness (QED) is 0.833. The van der Waals surface area contributed by atoms with Gasteiger partial charge in [0, 0.05) is 11.5 Å². The van der Waals surface area contributed by atoms with E-state index in [2.05, 4.69) is 51.9 Å². The third-order valence-corrected chi connectivity index (χ3v) is 5.33. The van der Waals surface area contributed by atoms with Crippen molar-refractivity contribution in [1.29, 1.82) is 0 Å². The second-order valence-corrected chi connectivity index (χ2v) is 6.88. The molecule has 2 aromatic heterocycles. The second kappa shape index (κ2) is 5.17. The highest BCUT2D eigenvalue weighted by Crippen LogP contribution is 2.22. The Morgan fingerprint density at radius 1 is 1.32 bits per heavy atom. The summed E-state index contributed by atoms with van der Waals surface area (Å²) in [5.41, 5.74) is 0.683. The van der Waals surface area contributed by atoms with Gasteiger partial charge in [0.05, 0.1) is 5.69 Å². The molecule has 2 heterocycles. The molecule has 0 atom stereocenters. The van der Waals surface area contributed by atoms with Crippen molar-refractivity contribution in [3.05, 3.63) is 26.9 Å². The zero-order valence-electron chi connectivity index (χ0n) is 9.92. The van der Waals surface area contributed by atoms with Gasteiger partial charge in [-0.2, -0.15) is 8.42 Å². The molecule has 0 spiro atoms. The summed E-state index contributed by atoms with van der Waals surface area (Å²) in [7, 11) is -2.31. The summed E-state index contributed by atoms with van der Waals surface area (Å²) in [6.45, 7) is 1.77. The highest BCUT2D eigenvalue weighted by atomic mass is 79.9. The average molecular weight is 411 g/mol. The number of hydrogen-bond acceptors (Lipinski definition) is 5. The molecule has 0 radical (unpaired) electrons. The van der Waals surface area contributed by atoms with Gasteiger partial charge in [-0.3, -0.25) is 4.72 Å². The van der Waals surface area contributed by atoms with Crippen LogP contribution in [0.5, 0.6) is 0 Å². The first-order valence-electron chi connectivity index (χ1n) is 5.02. The van der Waals surface area contributed by atoms with Crippen LogP contribution < -0.4 is 4.72 Å². The van der Waals surface area contributed by atoms with Gasteiger partial charge in [0.2, 0.25) is 5.03 Å². The van der Waals surface area contributed by atoms with Crippen molar-refractivity contribution in [2.75, 3.05) is 4.72 Å². The van der Waals surface area contributed by atoms with E-state index in [9.17, 15) is 8.42 Å². The van der Waals surface area contributed by atoms with Gasteiger partial charge < -0.3 is 0 Å². The molecule has 0 amide bonds. The first-order chi connectivity index (χ1) is 8.81. The number of hydrogen-bond donors (Lipinski definition) is 1. The highest BCUT2D eigenvalue weighted by molar-refractivity contribution is 9.10. The number of rotatable bonds is 3. The molecule has 19 heavy (non-hydrogen) atoms. The molecule has 2 rings (SSSR count). The third-order valence-electron chi connectivity index (χ3n) is 2.25. The van der Waals surface area contributed by atoms with Crippen LogP contribution in [-0.4, -0.2) is 28.4 Å². The first kappa shape index (κ1) is 14.4. The van der Waals surface area contributed by atoms with Crippen LogP contribution >= 0.6 is 31.9 Å². The summed E-state index contributed by atoms with van der Waals surface area (Å²) in [6.07, 6.45) is 0. The summed E-state index contributed by atoms with van der Waals surface area (Å²) < 4.78 is 28.9. The Bertz CT molecular complexity index is 709. The fraction of sp³-hybridized carbons (Fsp3) is 0.222. The standard InChI is InChI=1S/C9H9Br2N5O2S/c1-5-6(10)3-4-7(12-5)14-19(17,18)9-8(11)13-15-16(9)2/h3-4H,1-2H3,(H,12,14). The number of aryl methyl sites for hydroxylation is 2. The summed E-state index contributed by atoms with van der Waals surface area (Å²) in [5, 5.41) is 7.21. The molecule has 2 aromatic rings. The average Bonchev–Trinajstić information content (AvgIpc) is 2.64. The van der Waals surface area contributed by atoms with E-state index in [4.69, 9.17) is 0 Å². The largest absolute Gasteiger partial charge is 0.283 e. The van der Waals surface area contributed by atoms with Gasteiger partial charge in [0.15, 0.2) is 4.60 Å². The Hall–Kier alpha value is -1.000. The van der Waals surface area contributed by atoms with Gasteiger partial charge in [0.1, 0.15) is 5.82 Å². The molecule has 0 unspecified atom stereocenters. The lowest BCUT2D eigenvalue weighted by Crippen LogP contribution is -2.18. The van der Waals surface area contributed by atoms with Gasteiger partial charge >= 0.3 is 0 Å². The monoisotopic (exact) mass is 409 g/mol. The fourth-order valence-corrected chi connectivity index (χ4v) is 3.72. The molecule has 0 saturated carbocycles. The van der Waals surface area contributed by atoms with E-state index >= 15 is 0 Å². The smallest absolute Gasteiger partial charge is 0.262 e. The van der Waals surface area contributed by atoms with E-state index in [1.54, 1.807) is 19.1 Å². The summed E-state index contributed by atoms with van der Waals surface area (Å²) >= 11 is 6.35. The molecule has 0 aliphatic heterocycles. The molecule has 0 fully saturated rings. The predicted octanol–water partition coefficient (Wildman–Crippen LogP) is 1.84. The number of halogens is 2. The summed E-state index contributed by atoms with van der Waals surface area (Å²) in [6, 6.07) is 3.28. The van der Waals surface area contributed by atoms with E-state index in [0.717, 1.165) is 9.15 Å². The Morgan fingerprint density at radius 2 is 2.00 bits per heavy atom. The first-order valence-corrected chi connectivity index (χ1v) is 8.09. The Labute approximate surface area is 126 Å². The van der Waals surface area contributed by atoms with Gasteiger partial charge in [-0.1, -0.05) is 5.21 Å². The number of nitrogens with zero attached hydrogens (tertiary/aromatic N) is 4. The van der Waals surface area contributed by atoms with E-state index in [1.807, 2.05) is 0 Å². The van der Waals surface area contributed by atoms with Gasteiger partial charge in [-0.05, 0) is 50.9 Å². The molecule has 0 saturated heterocycles. The number of sulfonamides is 1. The normalized spacial score (nSPS) is 11.6. The van der Waals surface area contributed by atoms with Crippen LogP contribution in [0.1, 0.15) is 5.69 Å². The Balaban J connectivity index is 2.39. The van der Waals surface area contributed by atoms with E-state index in [1.165, 1.54) is 7.05 Å². The lowest BCUT2D eigenvalue weighted by Gasteiger charge is -2.08. The molecule has 0 aliphatic carbocycles. The maximum absolute atomic E-state index is 12.2. The predicted molar refractivity (Wildman–Crippen MR) is 76.2 cm³/mol.